The summed E-state index contributed by atoms with van der Waals surface area (Å²) in [6.07, 6.45) is 3.07. The van der Waals surface area contributed by atoms with E-state index in [0.717, 1.165) is 30.6 Å². The highest BCUT2D eigenvalue weighted by Crippen LogP contribution is 2.24. The Hall–Kier alpha value is -1.88. The highest BCUT2D eigenvalue weighted by Gasteiger charge is 2.25. The van der Waals surface area contributed by atoms with Crippen molar-refractivity contribution in [1.82, 2.24) is 9.55 Å². The fourth-order valence-corrected chi connectivity index (χ4v) is 2.60. The first-order valence-corrected chi connectivity index (χ1v) is 6.45. The number of carbonyl (C=O) groups is 1. The number of nitrogens with zero attached hydrogens (tertiary/aromatic N) is 2. The van der Waals surface area contributed by atoms with Gasteiger partial charge in [0.05, 0.1) is 29.0 Å². The predicted molar refractivity (Wildman–Crippen MR) is 70.2 cm³/mol. The quantitative estimate of drug-likeness (QED) is 0.918. The Bertz CT molecular complexity index is 620. The fourth-order valence-electron chi connectivity index (χ4n) is 2.60. The number of rotatable bonds is 3. The van der Waals surface area contributed by atoms with Gasteiger partial charge in [0.25, 0.3) is 0 Å². The summed E-state index contributed by atoms with van der Waals surface area (Å²) < 4.78 is 7.59. The Balaban J connectivity index is 1.94. The van der Waals surface area contributed by atoms with E-state index in [0.29, 0.717) is 11.5 Å². The third kappa shape index (κ3) is 2.21. The Labute approximate surface area is 110 Å². The average Bonchev–Trinajstić information content (AvgIpc) is 2.97. The summed E-state index contributed by atoms with van der Waals surface area (Å²) in [7, 11) is 0. The van der Waals surface area contributed by atoms with Gasteiger partial charge in [-0.25, -0.2) is 9.78 Å². The van der Waals surface area contributed by atoms with E-state index in [1.54, 1.807) is 24.5 Å². The minimum absolute atomic E-state index is 0.250. The van der Waals surface area contributed by atoms with Gasteiger partial charge in [0.1, 0.15) is 0 Å². The van der Waals surface area contributed by atoms with Gasteiger partial charge >= 0.3 is 5.97 Å². The molecule has 5 nitrogen and oxygen atoms in total. The van der Waals surface area contributed by atoms with Gasteiger partial charge in [-0.05, 0) is 31.5 Å². The maximum atomic E-state index is 11.0. The third-order valence-electron chi connectivity index (χ3n) is 3.83. The number of ether oxygens (including phenoxy) is 1. The largest absolute Gasteiger partial charge is 0.478 e. The second-order valence-corrected chi connectivity index (χ2v) is 5.03. The summed E-state index contributed by atoms with van der Waals surface area (Å²) in [6, 6.07) is 5.03. The molecule has 1 aromatic carbocycles. The molecule has 2 unspecified atom stereocenters. The molecule has 1 aliphatic rings. The molecule has 0 spiro atoms. The number of carboxylic acids is 1. The summed E-state index contributed by atoms with van der Waals surface area (Å²) >= 11 is 0. The van der Waals surface area contributed by atoms with Crippen LogP contribution in [0.4, 0.5) is 0 Å². The molecule has 19 heavy (non-hydrogen) atoms. The topological polar surface area (TPSA) is 64.4 Å². The van der Waals surface area contributed by atoms with Crippen molar-refractivity contribution in [3.8, 4) is 0 Å². The first kappa shape index (κ1) is 12.2. The van der Waals surface area contributed by atoms with Crippen LogP contribution in [0.15, 0.2) is 24.5 Å². The van der Waals surface area contributed by atoms with Crippen LogP contribution in [0.2, 0.25) is 0 Å². The maximum absolute atomic E-state index is 11.0. The van der Waals surface area contributed by atoms with Gasteiger partial charge in [0, 0.05) is 19.1 Å². The van der Waals surface area contributed by atoms with Crippen molar-refractivity contribution < 1.29 is 14.6 Å². The Morgan fingerprint density at radius 2 is 2.42 bits per heavy atom. The minimum atomic E-state index is -0.910. The van der Waals surface area contributed by atoms with Crippen LogP contribution >= 0.6 is 0 Å². The monoisotopic (exact) mass is 260 g/mol. The molecule has 0 amide bonds. The summed E-state index contributed by atoms with van der Waals surface area (Å²) in [5.41, 5.74) is 2.00. The molecule has 1 saturated heterocycles. The van der Waals surface area contributed by atoms with E-state index in [9.17, 15) is 4.79 Å². The Kier molecular flexibility index (Phi) is 2.98. The van der Waals surface area contributed by atoms with Gasteiger partial charge in [-0.1, -0.05) is 0 Å². The van der Waals surface area contributed by atoms with E-state index in [1.165, 1.54) is 0 Å². The standard InChI is InChI=1S/C14H16N2O3/c1-9-11(4-5-19-9)7-16-8-15-12-3-2-10(14(17)18)6-13(12)16/h2-3,6,8-9,11H,4-5,7H2,1H3,(H,17,18). The average molecular weight is 260 g/mol. The predicted octanol–water partition coefficient (Wildman–Crippen LogP) is 2.16. The number of aromatic carboxylic acids is 1. The smallest absolute Gasteiger partial charge is 0.335 e. The van der Waals surface area contributed by atoms with Crippen molar-refractivity contribution in [1.29, 1.82) is 0 Å². The molecule has 1 fully saturated rings. The molecule has 0 saturated carbocycles. The fraction of sp³-hybridized carbons (Fsp3) is 0.429. The third-order valence-corrected chi connectivity index (χ3v) is 3.83. The van der Waals surface area contributed by atoms with Gasteiger partial charge in [0.15, 0.2) is 0 Å². The summed E-state index contributed by atoms with van der Waals surface area (Å²) in [4.78, 5) is 15.3. The van der Waals surface area contributed by atoms with Crippen LogP contribution in [0, 0.1) is 5.92 Å². The molecular weight excluding hydrogens is 244 g/mol. The molecule has 0 aliphatic carbocycles. The Morgan fingerprint density at radius 1 is 1.58 bits per heavy atom. The summed E-state index contributed by atoms with van der Waals surface area (Å²) in [5.74, 6) is -0.446. The zero-order valence-corrected chi connectivity index (χ0v) is 10.7. The van der Waals surface area contributed by atoms with Gasteiger partial charge in [0.2, 0.25) is 0 Å². The van der Waals surface area contributed by atoms with Crippen molar-refractivity contribution >= 4 is 17.0 Å². The molecule has 2 heterocycles. The zero-order valence-electron chi connectivity index (χ0n) is 10.7. The molecule has 2 atom stereocenters. The highest BCUT2D eigenvalue weighted by molar-refractivity contribution is 5.92. The van der Waals surface area contributed by atoms with Crippen LogP contribution in [-0.4, -0.2) is 33.3 Å². The number of benzene rings is 1. The first-order chi connectivity index (χ1) is 9.15. The number of carboxylic acid groups (broad SMARTS) is 1. The molecular formula is C14H16N2O3. The van der Waals surface area contributed by atoms with Crippen molar-refractivity contribution in [2.75, 3.05) is 6.61 Å². The van der Waals surface area contributed by atoms with Gasteiger partial charge < -0.3 is 14.4 Å². The molecule has 100 valence electrons. The molecule has 0 radical (unpaired) electrons. The van der Waals surface area contributed by atoms with E-state index >= 15 is 0 Å². The van der Waals surface area contributed by atoms with Crippen molar-refractivity contribution in [2.45, 2.75) is 26.0 Å². The number of aromatic nitrogens is 2. The van der Waals surface area contributed by atoms with Gasteiger partial charge in [-0.3, -0.25) is 0 Å². The van der Waals surface area contributed by atoms with E-state index in [1.807, 2.05) is 4.57 Å². The molecule has 1 aromatic heterocycles. The van der Waals surface area contributed by atoms with E-state index in [4.69, 9.17) is 9.84 Å². The highest BCUT2D eigenvalue weighted by atomic mass is 16.5. The summed E-state index contributed by atoms with van der Waals surface area (Å²) in [6.45, 7) is 3.71. The van der Waals surface area contributed by atoms with Crippen LogP contribution in [0.1, 0.15) is 23.7 Å². The molecule has 0 bridgehead atoms. The van der Waals surface area contributed by atoms with Crippen LogP contribution < -0.4 is 0 Å². The molecule has 5 heteroatoms. The van der Waals surface area contributed by atoms with E-state index in [2.05, 4.69) is 11.9 Å². The second kappa shape index (κ2) is 4.66. The molecule has 3 rings (SSSR count). The van der Waals surface area contributed by atoms with E-state index in [-0.39, 0.29) is 6.10 Å². The van der Waals surface area contributed by atoms with Crippen LogP contribution in [0.5, 0.6) is 0 Å². The number of hydrogen-bond donors (Lipinski definition) is 1. The van der Waals surface area contributed by atoms with Crippen LogP contribution in [0.3, 0.4) is 0 Å². The Morgan fingerprint density at radius 3 is 3.11 bits per heavy atom. The van der Waals surface area contributed by atoms with Gasteiger partial charge in [-0.15, -0.1) is 0 Å². The van der Waals surface area contributed by atoms with Crippen LogP contribution in [0.25, 0.3) is 11.0 Å². The zero-order chi connectivity index (χ0) is 13.4. The number of hydrogen-bond acceptors (Lipinski definition) is 3. The second-order valence-electron chi connectivity index (χ2n) is 5.03. The normalized spacial score (nSPS) is 23.0. The van der Waals surface area contributed by atoms with Crippen molar-refractivity contribution in [3.63, 3.8) is 0 Å². The molecule has 1 aliphatic heterocycles. The van der Waals surface area contributed by atoms with Gasteiger partial charge in [-0.2, -0.15) is 0 Å². The van der Waals surface area contributed by atoms with E-state index < -0.39 is 5.97 Å². The van der Waals surface area contributed by atoms with Crippen molar-refractivity contribution in [3.05, 3.63) is 30.1 Å². The number of fused-ring (bicyclic) bond motifs is 1. The first-order valence-electron chi connectivity index (χ1n) is 6.45. The molecule has 1 N–H and O–H groups in total. The lowest BCUT2D eigenvalue weighted by Gasteiger charge is -2.15. The summed E-state index contributed by atoms with van der Waals surface area (Å²) in [5, 5.41) is 9.05. The lowest BCUT2D eigenvalue weighted by atomic mass is 10.0. The molecule has 2 aromatic rings. The van der Waals surface area contributed by atoms with Crippen molar-refractivity contribution in [2.24, 2.45) is 5.92 Å². The number of imidazole rings is 1. The maximum Gasteiger partial charge on any atom is 0.335 e. The SMILES string of the molecule is CC1OCCC1Cn1cnc2ccc(C(=O)O)cc21. The lowest BCUT2D eigenvalue weighted by molar-refractivity contribution is 0.0697. The minimum Gasteiger partial charge on any atom is -0.478 e. The van der Waals surface area contributed by atoms with Crippen LogP contribution in [-0.2, 0) is 11.3 Å². The lowest BCUT2D eigenvalue weighted by Crippen LogP contribution is -2.17.